The van der Waals surface area contributed by atoms with Gasteiger partial charge in [0.2, 0.25) is 5.91 Å². The van der Waals surface area contributed by atoms with Gasteiger partial charge in [-0.15, -0.1) is 0 Å². The second-order valence-electron chi connectivity index (χ2n) is 3.24. The number of primary amides is 1. The third-order valence-corrected chi connectivity index (χ3v) is 2.26. The van der Waals surface area contributed by atoms with Crippen LogP contribution < -0.4 is 16.4 Å². The van der Waals surface area contributed by atoms with E-state index in [-0.39, 0.29) is 6.54 Å². The monoisotopic (exact) mass is 241 g/mol. The molecule has 1 aromatic carbocycles. The highest BCUT2D eigenvalue weighted by Crippen LogP contribution is 2.19. The lowest BCUT2D eigenvalue weighted by Gasteiger charge is -2.07. The van der Waals surface area contributed by atoms with Gasteiger partial charge in [-0.05, 0) is 24.6 Å². The molecule has 0 atom stereocenters. The maximum absolute atomic E-state index is 11.2. The van der Waals surface area contributed by atoms with E-state index in [2.05, 4.69) is 10.6 Å². The number of nitrogens with one attached hydrogen (secondary N) is 2. The Morgan fingerprint density at radius 1 is 1.44 bits per heavy atom. The van der Waals surface area contributed by atoms with Gasteiger partial charge in [0, 0.05) is 10.7 Å². The Morgan fingerprint density at radius 3 is 2.69 bits per heavy atom. The van der Waals surface area contributed by atoms with Gasteiger partial charge < -0.3 is 16.4 Å². The van der Waals surface area contributed by atoms with Crippen LogP contribution in [0.3, 0.4) is 0 Å². The van der Waals surface area contributed by atoms with Crippen LogP contribution in [-0.4, -0.2) is 18.5 Å². The quantitative estimate of drug-likeness (QED) is 0.744. The smallest absolute Gasteiger partial charge is 0.319 e. The minimum absolute atomic E-state index is 0.203. The van der Waals surface area contributed by atoms with Gasteiger partial charge in [0.1, 0.15) is 0 Å². The van der Waals surface area contributed by atoms with Crippen LogP contribution in [0, 0.1) is 6.92 Å². The summed E-state index contributed by atoms with van der Waals surface area (Å²) < 4.78 is 0. The predicted octanol–water partition coefficient (Wildman–Crippen LogP) is 1.26. The zero-order valence-electron chi connectivity index (χ0n) is 8.71. The van der Waals surface area contributed by atoms with E-state index in [1.54, 1.807) is 18.2 Å². The number of hydrogen-bond acceptors (Lipinski definition) is 2. The Hall–Kier alpha value is -1.75. The third-order valence-electron chi connectivity index (χ3n) is 1.85. The van der Waals surface area contributed by atoms with E-state index in [4.69, 9.17) is 17.3 Å². The second kappa shape index (κ2) is 5.37. The number of carbonyl (C=O) groups excluding carboxylic acids is 2. The molecule has 0 unspecified atom stereocenters. The minimum Gasteiger partial charge on any atom is -0.368 e. The lowest BCUT2D eigenvalue weighted by molar-refractivity contribution is -0.117. The fourth-order valence-electron chi connectivity index (χ4n) is 1.01. The fourth-order valence-corrected chi connectivity index (χ4v) is 1.19. The highest BCUT2D eigenvalue weighted by atomic mass is 35.5. The minimum atomic E-state index is -0.600. The first-order valence-electron chi connectivity index (χ1n) is 4.58. The molecule has 16 heavy (non-hydrogen) atoms. The van der Waals surface area contributed by atoms with Crippen molar-refractivity contribution in [2.24, 2.45) is 5.73 Å². The van der Waals surface area contributed by atoms with E-state index >= 15 is 0 Å². The standard InChI is InChI=1S/C10H12ClN3O2/c1-6-2-3-7(4-8(6)11)14-10(16)13-5-9(12)15/h2-4H,5H2,1H3,(H2,12,15)(H2,13,14,16). The molecule has 0 fully saturated rings. The van der Waals surface area contributed by atoms with Crippen molar-refractivity contribution in [3.63, 3.8) is 0 Å². The molecule has 0 spiro atoms. The molecule has 3 amide bonds. The molecule has 0 aromatic heterocycles. The molecule has 6 heteroatoms. The van der Waals surface area contributed by atoms with Gasteiger partial charge in [-0.2, -0.15) is 0 Å². The van der Waals surface area contributed by atoms with Crippen molar-refractivity contribution >= 4 is 29.2 Å². The fraction of sp³-hybridized carbons (Fsp3) is 0.200. The third kappa shape index (κ3) is 3.78. The highest BCUT2D eigenvalue weighted by molar-refractivity contribution is 6.31. The molecule has 0 saturated heterocycles. The van der Waals surface area contributed by atoms with Crippen molar-refractivity contribution in [1.82, 2.24) is 5.32 Å². The molecule has 0 aliphatic heterocycles. The number of aryl methyl sites for hydroxylation is 1. The number of amides is 3. The molecule has 0 heterocycles. The maximum atomic E-state index is 11.2. The van der Waals surface area contributed by atoms with Gasteiger partial charge in [-0.25, -0.2) is 4.79 Å². The summed E-state index contributed by atoms with van der Waals surface area (Å²) in [6, 6.07) is 4.62. The Balaban J connectivity index is 2.56. The van der Waals surface area contributed by atoms with Crippen LogP contribution in [0.2, 0.25) is 5.02 Å². The summed E-state index contributed by atoms with van der Waals surface area (Å²) in [7, 11) is 0. The van der Waals surface area contributed by atoms with Crippen molar-refractivity contribution in [2.45, 2.75) is 6.92 Å². The van der Waals surface area contributed by atoms with E-state index in [1.807, 2.05) is 6.92 Å². The second-order valence-corrected chi connectivity index (χ2v) is 3.65. The Kier molecular flexibility index (Phi) is 4.13. The van der Waals surface area contributed by atoms with Crippen LogP contribution in [0.1, 0.15) is 5.56 Å². The zero-order chi connectivity index (χ0) is 12.1. The number of rotatable bonds is 3. The lowest BCUT2D eigenvalue weighted by Crippen LogP contribution is -2.36. The summed E-state index contributed by atoms with van der Waals surface area (Å²) in [5.74, 6) is -0.600. The predicted molar refractivity (Wildman–Crippen MR) is 62.4 cm³/mol. The zero-order valence-corrected chi connectivity index (χ0v) is 9.47. The van der Waals surface area contributed by atoms with Crippen LogP contribution in [0.5, 0.6) is 0 Å². The molecule has 1 aromatic rings. The first-order chi connectivity index (χ1) is 7.49. The van der Waals surface area contributed by atoms with Gasteiger partial charge in [0.25, 0.3) is 0 Å². The molecule has 1 rings (SSSR count). The van der Waals surface area contributed by atoms with Gasteiger partial charge in [0.05, 0.1) is 6.54 Å². The van der Waals surface area contributed by atoms with Crippen LogP contribution in [0.4, 0.5) is 10.5 Å². The average Bonchev–Trinajstić information content (AvgIpc) is 2.21. The van der Waals surface area contributed by atoms with E-state index in [1.165, 1.54) is 0 Å². The summed E-state index contributed by atoms with van der Waals surface area (Å²) >= 11 is 5.88. The van der Waals surface area contributed by atoms with E-state index in [0.29, 0.717) is 10.7 Å². The average molecular weight is 242 g/mol. The first kappa shape index (κ1) is 12.3. The molecule has 0 saturated carbocycles. The topological polar surface area (TPSA) is 84.2 Å². The molecule has 86 valence electrons. The van der Waals surface area contributed by atoms with E-state index in [0.717, 1.165) is 5.56 Å². The summed E-state index contributed by atoms with van der Waals surface area (Å²) in [5, 5.41) is 5.38. The number of nitrogens with two attached hydrogens (primary N) is 1. The molecule has 0 aliphatic carbocycles. The largest absolute Gasteiger partial charge is 0.368 e. The molecule has 0 aliphatic rings. The van der Waals surface area contributed by atoms with E-state index < -0.39 is 11.9 Å². The lowest BCUT2D eigenvalue weighted by atomic mass is 10.2. The molecule has 4 N–H and O–H groups in total. The molecule has 0 bridgehead atoms. The molecule has 5 nitrogen and oxygen atoms in total. The number of hydrogen-bond donors (Lipinski definition) is 3. The SMILES string of the molecule is Cc1ccc(NC(=O)NCC(N)=O)cc1Cl. The number of benzene rings is 1. The molecular formula is C10H12ClN3O2. The number of anilines is 1. The number of carbonyl (C=O) groups is 2. The summed E-state index contributed by atoms with van der Waals surface area (Å²) in [5.41, 5.74) is 6.35. The number of urea groups is 1. The number of halogens is 1. The van der Waals surface area contributed by atoms with Crippen molar-refractivity contribution in [3.05, 3.63) is 28.8 Å². The van der Waals surface area contributed by atoms with Crippen LogP contribution >= 0.6 is 11.6 Å². The van der Waals surface area contributed by atoms with Crippen LogP contribution in [-0.2, 0) is 4.79 Å². The normalized spacial score (nSPS) is 9.62. The van der Waals surface area contributed by atoms with Crippen LogP contribution in [0.15, 0.2) is 18.2 Å². The molecular weight excluding hydrogens is 230 g/mol. The highest BCUT2D eigenvalue weighted by Gasteiger charge is 2.04. The van der Waals surface area contributed by atoms with Crippen molar-refractivity contribution < 1.29 is 9.59 Å². The summed E-state index contributed by atoms with van der Waals surface area (Å²) in [6.07, 6.45) is 0. The Morgan fingerprint density at radius 2 is 2.12 bits per heavy atom. The summed E-state index contributed by atoms with van der Waals surface area (Å²) in [4.78, 5) is 21.7. The first-order valence-corrected chi connectivity index (χ1v) is 4.96. The van der Waals surface area contributed by atoms with Crippen molar-refractivity contribution in [3.8, 4) is 0 Å². The van der Waals surface area contributed by atoms with Gasteiger partial charge in [-0.3, -0.25) is 4.79 Å². The Labute approximate surface area is 98.0 Å². The maximum Gasteiger partial charge on any atom is 0.319 e. The van der Waals surface area contributed by atoms with Gasteiger partial charge >= 0.3 is 6.03 Å². The molecule has 0 radical (unpaired) electrons. The van der Waals surface area contributed by atoms with Crippen molar-refractivity contribution in [1.29, 1.82) is 0 Å². The van der Waals surface area contributed by atoms with Gasteiger partial charge in [-0.1, -0.05) is 17.7 Å². The van der Waals surface area contributed by atoms with E-state index in [9.17, 15) is 9.59 Å². The Bertz CT molecular complexity index is 421. The summed E-state index contributed by atoms with van der Waals surface area (Å²) in [6.45, 7) is 1.66. The van der Waals surface area contributed by atoms with Gasteiger partial charge in [0.15, 0.2) is 0 Å². The van der Waals surface area contributed by atoms with Crippen molar-refractivity contribution in [2.75, 3.05) is 11.9 Å². The van der Waals surface area contributed by atoms with Crippen LogP contribution in [0.25, 0.3) is 0 Å².